The lowest BCUT2D eigenvalue weighted by Crippen LogP contribution is -2.44. The Kier molecular flexibility index (Phi) is 3.97. The molecular weight excluding hydrogens is 350 g/mol. The van der Waals surface area contributed by atoms with Crippen molar-refractivity contribution >= 4 is 22.1 Å². The van der Waals surface area contributed by atoms with Crippen molar-refractivity contribution in [1.82, 2.24) is 4.31 Å². The number of carbonyl (C=O) groups is 1. The number of nitrogens with zero attached hydrogens (tertiary/aromatic N) is 1. The maximum Gasteiger partial charge on any atom is 0.337 e. The summed E-state index contributed by atoms with van der Waals surface area (Å²) in [6.45, 7) is 0.740. The fourth-order valence-electron chi connectivity index (χ4n) is 4.00. The Morgan fingerprint density at radius 1 is 1.00 bits per heavy atom. The molecule has 1 N–H and O–H groups in total. The molecule has 2 aliphatic rings. The second-order valence-electron chi connectivity index (χ2n) is 6.78. The van der Waals surface area contributed by atoms with E-state index in [1.165, 1.54) is 33.6 Å². The van der Waals surface area contributed by atoms with Crippen LogP contribution in [0.1, 0.15) is 34.3 Å². The first kappa shape index (κ1) is 17.0. The first-order valence-corrected chi connectivity index (χ1v) is 9.99. The van der Waals surface area contributed by atoms with Gasteiger partial charge in [0.15, 0.2) is 0 Å². The van der Waals surface area contributed by atoms with Crippen LogP contribution in [0, 0.1) is 0 Å². The molecule has 2 aromatic carbocycles. The highest BCUT2D eigenvalue weighted by Gasteiger charge is 2.41. The highest BCUT2D eigenvalue weighted by Crippen LogP contribution is 2.44. The molecule has 0 saturated carbocycles. The number of fused-ring (bicyclic) bond motifs is 2. The van der Waals surface area contributed by atoms with Gasteiger partial charge in [-0.05, 0) is 36.1 Å². The van der Waals surface area contributed by atoms with E-state index in [1.54, 1.807) is 6.07 Å². The summed E-state index contributed by atoms with van der Waals surface area (Å²) in [6, 6.07) is 14.0. The fraction of sp³-hybridized carbons (Fsp3) is 0.250. The molecule has 4 rings (SSSR count). The topological polar surface area (TPSA) is 74.7 Å². The number of carboxylic acid groups (broad SMARTS) is 1. The number of rotatable bonds is 3. The summed E-state index contributed by atoms with van der Waals surface area (Å²) in [4.78, 5) is 11.3. The van der Waals surface area contributed by atoms with Gasteiger partial charge in [0.25, 0.3) is 0 Å². The fourth-order valence-corrected chi connectivity index (χ4v) is 5.63. The third-order valence-electron chi connectivity index (χ3n) is 5.43. The maximum atomic E-state index is 13.0. The number of hydrogen-bond donors (Lipinski definition) is 1. The summed E-state index contributed by atoms with van der Waals surface area (Å²) >= 11 is 0. The van der Waals surface area contributed by atoms with E-state index in [0.717, 1.165) is 0 Å². The van der Waals surface area contributed by atoms with Gasteiger partial charge in [-0.3, -0.25) is 0 Å². The molecule has 1 spiro atoms. The molecule has 6 heteroatoms. The van der Waals surface area contributed by atoms with E-state index < -0.39 is 16.0 Å². The van der Waals surface area contributed by atoms with Crippen molar-refractivity contribution < 1.29 is 18.3 Å². The maximum absolute atomic E-state index is 13.0. The van der Waals surface area contributed by atoms with Crippen molar-refractivity contribution in [3.8, 4) is 0 Å². The Morgan fingerprint density at radius 3 is 2.38 bits per heavy atom. The Labute approximate surface area is 152 Å². The lowest BCUT2D eigenvalue weighted by Gasteiger charge is -2.38. The zero-order valence-corrected chi connectivity index (χ0v) is 14.9. The Morgan fingerprint density at radius 2 is 1.65 bits per heavy atom. The first-order valence-electron chi connectivity index (χ1n) is 8.55. The van der Waals surface area contributed by atoms with Crippen LogP contribution in [0.2, 0.25) is 0 Å². The number of aromatic carboxylic acids is 1. The monoisotopic (exact) mass is 369 g/mol. The van der Waals surface area contributed by atoms with Gasteiger partial charge in [0.2, 0.25) is 10.0 Å². The average Bonchev–Trinajstić information content (AvgIpc) is 3.01. The van der Waals surface area contributed by atoms with Crippen LogP contribution in [0.15, 0.2) is 59.5 Å². The normalized spacial score (nSPS) is 18.8. The van der Waals surface area contributed by atoms with Crippen molar-refractivity contribution in [3.05, 3.63) is 71.3 Å². The van der Waals surface area contributed by atoms with Crippen LogP contribution < -0.4 is 0 Å². The molecule has 0 atom stereocenters. The number of sulfonamides is 1. The van der Waals surface area contributed by atoms with E-state index in [2.05, 4.69) is 24.3 Å². The van der Waals surface area contributed by atoms with E-state index in [4.69, 9.17) is 0 Å². The van der Waals surface area contributed by atoms with Gasteiger partial charge in [-0.1, -0.05) is 48.6 Å². The minimum atomic E-state index is -3.83. The molecule has 1 aliphatic carbocycles. The summed E-state index contributed by atoms with van der Waals surface area (Å²) in [5.74, 6) is -1.23. The van der Waals surface area contributed by atoms with Gasteiger partial charge in [0, 0.05) is 18.5 Å². The summed E-state index contributed by atoms with van der Waals surface area (Å²) in [5.41, 5.74) is 2.15. The molecular formula is C20H19NO4S. The van der Waals surface area contributed by atoms with Crippen LogP contribution in [0.4, 0.5) is 0 Å². The minimum Gasteiger partial charge on any atom is -0.478 e. The van der Waals surface area contributed by atoms with Gasteiger partial charge in [0.1, 0.15) is 0 Å². The molecule has 0 aromatic heterocycles. The smallest absolute Gasteiger partial charge is 0.337 e. The van der Waals surface area contributed by atoms with Crippen molar-refractivity contribution in [1.29, 1.82) is 0 Å². The van der Waals surface area contributed by atoms with Crippen LogP contribution in [-0.4, -0.2) is 36.9 Å². The molecule has 2 aromatic rings. The van der Waals surface area contributed by atoms with Gasteiger partial charge in [-0.25, -0.2) is 13.2 Å². The standard InChI is InChI=1S/C20H19NO4S/c22-19(23)16-6-2-4-8-18(16)26(24,25)21-13-11-20(12-14-21)10-9-15-5-1-3-7-17(15)20/h1-10H,11-14H2,(H,22,23). The Balaban J connectivity index is 1.61. The zero-order chi connectivity index (χ0) is 18.4. The number of allylic oxidation sites excluding steroid dienone is 1. The highest BCUT2D eigenvalue weighted by atomic mass is 32.2. The van der Waals surface area contributed by atoms with Gasteiger partial charge in [-0.15, -0.1) is 0 Å². The molecule has 1 heterocycles. The minimum absolute atomic E-state index is 0.116. The number of piperidine rings is 1. The van der Waals surface area contributed by atoms with E-state index >= 15 is 0 Å². The van der Waals surface area contributed by atoms with Crippen LogP contribution in [0.25, 0.3) is 6.08 Å². The average molecular weight is 369 g/mol. The molecule has 26 heavy (non-hydrogen) atoms. The van der Waals surface area contributed by atoms with Crippen LogP contribution in [0.5, 0.6) is 0 Å². The van der Waals surface area contributed by atoms with Crippen molar-refractivity contribution in [2.75, 3.05) is 13.1 Å². The van der Waals surface area contributed by atoms with Gasteiger partial charge in [-0.2, -0.15) is 4.31 Å². The quantitative estimate of drug-likeness (QED) is 0.902. The van der Waals surface area contributed by atoms with Crippen molar-refractivity contribution in [2.24, 2.45) is 0 Å². The highest BCUT2D eigenvalue weighted by molar-refractivity contribution is 7.89. The van der Waals surface area contributed by atoms with Gasteiger partial charge < -0.3 is 5.11 Å². The molecule has 1 saturated heterocycles. The molecule has 1 aliphatic heterocycles. The second-order valence-corrected chi connectivity index (χ2v) is 8.69. The SMILES string of the molecule is O=C(O)c1ccccc1S(=O)(=O)N1CCC2(C=Cc3ccccc32)CC1. The molecule has 5 nitrogen and oxygen atoms in total. The van der Waals surface area contributed by atoms with Crippen LogP contribution in [-0.2, 0) is 15.4 Å². The predicted molar refractivity (Wildman–Crippen MR) is 98.5 cm³/mol. The van der Waals surface area contributed by atoms with E-state index in [0.29, 0.717) is 25.9 Å². The summed E-state index contributed by atoms with van der Waals surface area (Å²) < 4.78 is 27.4. The zero-order valence-electron chi connectivity index (χ0n) is 14.1. The lowest BCUT2D eigenvalue weighted by atomic mass is 9.75. The third-order valence-corrected chi connectivity index (χ3v) is 7.39. The van der Waals surface area contributed by atoms with Crippen molar-refractivity contribution in [3.63, 3.8) is 0 Å². The lowest BCUT2D eigenvalue weighted by molar-refractivity contribution is 0.0692. The largest absolute Gasteiger partial charge is 0.478 e. The summed E-state index contributed by atoms with van der Waals surface area (Å²) in [7, 11) is -3.83. The second kappa shape index (κ2) is 6.07. The van der Waals surface area contributed by atoms with Crippen LogP contribution in [0.3, 0.4) is 0 Å². The summed E-state index contributed by atoms with van der Waals surface area (Å²) in [6.07, 6.45) is 5.68. The van der Waals surface area contributed by atoms with E-state index in [-0.39, 0.29) is 15.9 Å². The van der Waals surface area contributed by atoms with E-state index in [1.807, 2.05) is 12.1 Å². The van der Waals surface area contributed by atoms with E-state index in [9.17, 15) is 18.3 Å². The summed E-state index contributed by atoms with van der Waals surface area (Å²) in [5, 5.41) is 9.31. The third kappa shape index (κ3) is 2.57. The van der Waals surface area contributed by atoms with Crippen molar-refractivity contribution in [2.45, 2.75) is 23.2 Å². The first-order chi connectivity index (χ1) is 12.4. The number of benzene rings is 2. The number of carboxylic acids is 1. The molecule has 0 amide bonds. The molecule has 134 valence electrons. The van der Waals surface area contributed by atoms with Crippen LogP contribution >= 0.6 is 0 Å². The predicted octanol–water partition coefficient (Wildman–Crippen LogP) is 3.13. The number of hydrogen-bond acceptors (Lipinski definition) is 3. The van der Waals surface area contributed by atoms with Gasteiger partial charge in [0.05, 0.1) is 10.5 Å². The Bertz CT molecular complexity index is 1000. The van der Waals surface area contributed by atoms with Gasteiger partial charge >= 0.3 is 5.97 Å². The molecule has 1 fully saturated rings. The molecule has 0 unspecified atom stereocenters. The molecule has 0 bridgehead atoms. The molecule has 0 radical (unpaired) electrons. The Hall–Kier alpha value is -2.44.